The normalized spacial score (nSPS) is 11.1. The highest BCUT2D eigenvalue weighted by Crippen LogP contribution is 2.13. The van der Waals surface area contributed by atoms with Gasteiger partial charge in [0.2, 0.25) is 0 Å². The van der Waals surface area contributed by atoms with Crippen LogP contribution in [0.5, 0.6) is 5.75 Å². The van der Waals surface area contributed by atoms with Crippen LogP contribution in [-0.2, 0) is 14.3 Å². The molecular weight excluding hydrogens is 380 g/mol. The highest BCUT2D eigenvalue weighted by molar-refractivity contribution is 5.87. The van der Waals surface area contributed by atoms with Crippen molar-refractivity contribution in [1.29, 1.82) is 0 Å². The van der Waals surface area contributed by atoms with Crippen molar-refractivity contribution in [2.24, 2.45) is 0 Å². The Morgan fingerprint density at radius 2 is 1.20 bits per heavy atom. The third kappa shape index (κ3) is 15.6. The Balaban J connectivity index is 1.82. The van der Waals surface area contributed by atoms with Crippen molar-refractivity contribution in [3.8, 4) is 5.75 Å². The summed E-state index contributed by atoms with van der Waals surface area (Å²) in [6, 6.07) is 6.64. The molecule has 2 N–H and O–H groups in total. The second kappa shape index (κ2) is 17.5. The van der Waals surface area contributed by atoms with Crippen LogP contribution < -0.4 is 0 Å². The molecule has 0 spiro atoms. The molecule has 1 rings (SSSR count). The molecule has 5 heteroatoms. The number of aromatic hydroxyl groups is 1. The largest absolute Gasteiger partial charge is 0.508 e. The number of carboxylic acid groups (broad SMARTS) is 1. The molecule has 30 heavy (non-hydrogen) atoms. The van der Waals surface area contributed by atoms with Crippen molar-refractivity contribution >= 4 is 18.0 Å². The van der Waals surface area contributed by atoms with Gasteiger partial charge in [-0.2, -0.15) is 0 Å². The highest BCUT2D eigenvalue weighted by atomic mass is 16.5. The summed E-state index contributed by atoms with van der Waals surface area (Å²) < 4.78 is 5.20. The Morgan fingerprint density at radius 1 is 0.733 bits per heavy atom. The zero-order valence-corrected chi connectivity index (χ0v) is 18.2. The Hall–Kier alpha value is -2.30. The summed E-state index contributed by atoms with van der Waals surface area (Å²) in [5, 5.41) is 17.8. The molecule has 0 saturated carbocycles. The van der Waals surface area contributed by atoms with E-state index in [1.165, 1.54) is 57.4 Å². The first-order chi connectivity index (χ1) is 14.6. The van der Waals surface area contributed by atoms with Crippen LogP contribution in [0.25, 0.3) is 6.08 Å². The lowest BCUT2D eigenvalue weighted by Gasteiger charge is -2.04. The van der Waals surface area contributed by atoms with Crippen LogP contribution in [0.2, 0.25) is 0 Å². The van der Waals surface area contributed by atoms with E-state index in [9.17, 15) is 14.7 Å². The second-order valence-corrected chi connectivity index (χ2v) is 7.83. The predicted octanol–water partition coefficient (Wildman–Crippen LogP) is 6.49. The number of phenols is 1. The molecule has 0 amide bonds. The number of carbonyl (C=O) groups excluding carboxylic acids is 1. The van der Waals surface area contributed by atoms with Gasteiger partial charge in [0.1, 0.15) is 5.75 Å². The summed E-state index contributed by atoms with van der Waals surface area (Å²) in [5.74, 6) is -0.809. The molecular formula is C25H38O5. The van der Waals surface area contributed by atoms with E-state index in [0.29, 0.717) is 13.0 Å². The molecule has 0 aromatic heterocycles. The third-order valence-electron chi connectivity index (χ3n) is 5.08. The van der Waals surface area contributed by atoms with Gasteiger partial charge in [0.25, 0.3) is 0 Å². The van der Waals surface area contributed by atoms with Crippen molar-refractivity contribution < 1.29 is 24.5 Å². The smallest absolute Gasteiger partial charge is 0.330 e. The quantitative estimate of drug-likeness (QED) is 0.162. The average molecular weight is 419 g/mol. The number of aliphatic carboxylic acids is 1. The molecule has 168 valence electrons. The van der Waals surface area contributed by atoms with Crippen molar-refractivity contribution in [3.05, 3.63) is 35.9 Å². The van der Waals surface area contributed by atoms with Crippen LogP contribution in [0.1, 0.15) is 95.5 Å². The Morgan fingerprint density at radius 3 is 1.70 bits per heavy atom. The maximum atomic E-state index is 11.7. The van der Waals surface area contributed by atoms with Crippen molar-refractivity contribution in [2.45, 2.75) is 89.9 Å². The van der Waals surface area contributed by atoms with Crippen molar-refractivity contribution in [3.63, 3.8) is 0 Å². The number of hydrogen-bond acceptors (Lipinski definition) is 4. The molecule has 0 saturated heterocycles. The van der Waals surface area contributed by atoms with Gasteiger partial charge in [0.05, 0.1) is 6.61 Å². The van der Waals surface area contributed by atoms with E-state index in [0.717, 1.165) is 37.7 Å². The molecule has 5 nitrogen and oxygen atoms in total. The molecule has 1 aromatic rings. The summed E-state index contributed by atoms with van der Waals surface area (Å²) in [6.07, 6.45) is 18.5. The first kappa shape index (κ1) is 25.7. The molecule has 0 aliphatic rings. The molecule has 0 radical (unpaired) electrons. The number of carboxylic acids is 1. The molecule has 0 aliphatic heterocycles. The number of ether oxygens (including phenoxy) is 1. The van der Waals surface area contributed by atoms with Gasteiger partial charge in [-0.15, -0.1) is 0 Å². The molecule has 0 atom stereocenters. The predicted molar refractivity (Wildman–Crippen MR) is 120 cm³/mol. The van der Waals surface area contributed by atoms with Gasteiger partial charge in [0.15, 0.2) is 0 Å². The summed E-state index contributed by atoms with van der Waals surface area (Å²) in [6.45, 7) is 0.464. The lowest BCUT2D eigenvalue weighted by molar-refractivity contribution is -0.138. The van der Waals surface area contributed by atoms with Gasteiger partial charge in [0, 0.05) is 12.5 Å². The topological polar surface area (TPSA) is 83.8 Å². The maximum Gasteiger partial charge on any atom is 0.330 e. The molecule has 0 bridgehead atoms. The first-order valence-electron chi connectivity index (χ1n) is 11.4. The van der Waals surface area contributed by atoms with E-state index in [2.05, 4.69) is 0 Å². The summed E-state index contributed by atoms with van der Waals surface area (Å²) in [4.78, 5) is 22.1. The SMILES string of the molecule is O=C(O)CCCCCCCCCCCCCCCOC(=O)C=Cc1ccc(O)cc1. The summed E-state index contributed by atoms with van der Waals surface area (Å²) >= 11 is 0. The minimum Gasteiger partial charge on any atom is -0.508 e. The highest BCUT2D eigenvalue weighted by Gasteiger charge is 1.99. The van der Waals surface area contributed by atoms with E-state index in [-0.39, 0.29) is 11.7 Å². The molecule has 0 unspecified atom stereocenters. The van der Waals surface area contributed by atoms with Crippen LogP contribution >= 0.6 is 0 Å². The number of hydrogen-bond donors (Lipinski definition) is 2. The van der Waals surface area contributed by atoms with Crippen LogP contribution in [0.3, 0.4) is 0 Å². The van der Waals surface area contributed by atoms with Gasteiger partial charge >= 0.3 is 11.9 Å². The standard InChI is InChI=1S/C25H38O5/c26-23-18-15-22(16-19-23)17-20-25(29)30-21-13-11-9-7-5-3-1-2-4-6-8-10-12-14-24(27)28/h15-20,26H,1-14,21H2,(H,27,28). The maximum absolute atomic E-state index is 11.7. The Bertz CT molecular complexity index is 606. The van der Waals surface area contributed by atoms with E-state index >= 15 is 0 Å². The van der Waals surface area contributed by atoms with Gasteiger partial charge in [-0.25, -0.2) is 4.79 Å². The van der Waals surface area contributed by atoms with Crippen LogP contribution in [0.15, 0.2) is 30.3 Å². The van der Waals surface area contributed by atoms with Gasteiger partial charge in [-0.1, -0.05) is 82.8 Å². The number of unbranched alkanes of at least 4 members (excludes halogenated alkanes) is 12. The van der Waals surface area contributed by atoms with Crippen LogP contribution in [0, 0.1) is 0 Å². The Labute approximate surface area is 181 Å². The Kier molecular flexibility index (Phi) is 15.1. The van der Waals surface area contributed by atoms with E-state index < -0.39 is 5.97 Å². The van der Waals surface area contributed by atoms with E-state index in [1.807, 2.05) is 0 Å². The number of carbonyl (C=O) groups is 2. The van der Waals surface area contributed by atoms with Crippen LogP contribution in [-0.4, -0.2) is 28.8 Å². The lowest BCUT2D eigenvalue weighted by atomic mass is 10.0. The zero-order valence-electron chi connectivity index (χ0n) is 18.2. The molecule has 0 aliphatic carbocycles. The van der Waals surface area contributed by atoms with Crippen LogP contribution in [0.4, 0.5) is 0 Å². The number of rotatable bonds is 18. The number of phenolic OH excluding ortho intramolecular Hbond substituents is 1. The van der Waals surface area contributed by atoms with E-state index in [1.54, 1.807) is 30.3 Å². The van der Waals surface area contributed by atoms with Gasteiger partial charge in [-0.05, 0) is 36.6 Å². The number of esters is 1. The molecule has 1 aromatic carbocycles. The zero-order chi connectivity index (χ0) is 21.9. The molecule has 0 fully saturated rings. The fourth-order valence-corrected chi connectivity index (χ4v) is 3.29. The average Bonchev–Trinajstić information content (AvgIpc) is 2.72. The summed E-state index contributed by atoms with van der Waals surface area (Å²) in [5.41, 5.74) is 0.848. The fourth-order valence-electron chi connectivity index (χ4n) is 3.29. The van der Waals surface area contributed by atoms with E-state index in [4.69, 9.17) is 9.84 Å². The minimum absolute atomic E-state index is 0.205. The molecule has 0 heterocycles. The lowest BCUT2D eigenvalue weighted by Crippen LogP contribution is -2.02. The van der Waals surface area contributed by atoms with Gasteiger partial charge < -0.3 is 14.9 Å². The van der Waals surface area contributed by atoms with Gasteiger partial charge in [-0.3, -0.25) is 4.79 Å². The summed E-state index contributed by atoms with van der Waals surface area (Å²) in [7, 11) is 0. The monoisotopic (exact) mass is 418 g/mol. The third-order valence-corrected chi connectivity index (χ3v) is 5.08. The van der Waals surface area contributed by atoms with Crippen molar-refractivity contribution in [2.75, 3.05) is 6.61 Å². The fraction of sp³-hybridized carbons (Fsp3) is 0.600. The number of benzene rings is 1. The van der Waals surface area contributed by atoms with Crippen molar-refractivity contribution in [1.82, 2.24) is 0 Å². The second-order valence-electron chi connectivity index (χ2n) is 7.83. The minimum atomic E-state index is -0.685. The first-order valence-corrected chi connectivity index (χ1v) is 11.4.